The zero-order valence-corrected chi connectivity index (χ0v) is 13.2. The van der Waals surface area contributed by atoms with E-state index in [1.807, 2.05) is 6.92 Å². The predicted octanol–water partition coefficient (Wildman–Crippen LogP) is -0.835. The first kappa shape index (κ1) is 18.6. The number of aliphatic hydroxyl groups is 1. The Bertz CT molecular complexity index is 485. The van der Waals surface area contributed by atoms with Crippen LogP contribution in [0.1, 0.15) is 20.3 Å². The molecule has 1 rings (SSSR count). The van der Waals surface area contributed by atoms with Crippen LogP contribution in [-0.2, 0) is 24.0 Å². The minimum absolute atomic E-state index is 0.000932. The lowest BCUT2D eigenvalue weighted by atomic mass is 10.3. The van der Waals surface area contributed by atoms with Gasteiger partial charge in [-0.25, -0.2) is 0 Å². The molecule has 0 saturated heterocycles. The van der Waals surface area contributed by atoms with E-state index in [-0.39, 0.29) is 32.0 Å². The van der Waals surface area contributed by atoms with E-state index in [0.29, 0.717) is 12.5 Å². The quantitative estimate of drug-likeness (QED) is 0.247. The maximum absolute atomic E-state index is 11.6. The van der Waals surface area contributed by atoms with E-state index in [4.69, 9.17) is 9.57 Å². The van der Waals surface area contributed by atoms with Crippen molar-refractivity contribution in [2.45, 2.75) is 26.4 Å². The van der Waals surface area contributed by atoms with Gasteiger partial charge in [-0.3, -0.25) is 19.3 Å². The fourth-order valence-corrected chi connectivity index (χ4v) is 1.69. The molecule has 0 aromatic heterocycles. The third-order valence-electron chi connectivity index (χ3n) is 2.81. The second-order valence-corrected chi connectivity index (χ2v) is 4.71. The van der Waals surface area contributed by atoms with Gasteiger partial charge in [-0.05, 0) is 6.92 Å². The summed E-state index contributed by atoms with van der Waals surface area (Å²) in [6.45, 7) is 3.77. The number of aliphatic hydroxyl groups excluding tert-OH is 1. The molecule has 1 aliphatic rings. The predicted molar refractivity (Wildman–Crippen MR) is 80.2 cm³/mol. The molecule has 128 valence electrons. The van der Waals surface area contributed by atoms with Crippen molar-refractivity contribution in [3.8, 4) is 0 Å². The van der Waals surface area contributed by atoms with Crippen LogP contribution in [-0.4, -0.2) is 66.0 Å². The van der Waals surface area contributed by atoms with Crippen molar-refractivity contribution < 1.29 is 29.1 Å². The van der Waals surface area contributed by atoms with Gasteiger partial charge in [0.2, 0.25) is 11.8 Å². The molecule has 0 radical (unpaired) electrons. The fourth-order valence-electron chi connectivity index (χ4n) is 1.69. The molecule has 23 heavy (non-hydrogen) atoms. The number of hydrogen-bond donors (Lipinski definition) is 2. The Hall–Kier alpha value is -2.42. The SMILES string of the molecule is CCO/C(C)=N\OCC(O)CNC(=O)CCN1C(=O)C=CC1=O. The molecule has 9 heteroatoms. The van der Waals surface area contributed by atoms with Crippen molar-refractivity contribution in [1.82, 2.24) is 10.2 Å². The van der Waals surface area contributed by atoms with Gasteiger partial charge in [0, 0.05) is 38.6 Å². The smallest absolute Gasteiger partial charge is 0.253 e. The monoisotopic (exact) mass is 327 g/mol. The van der Waals surface area contributed by atoms with Crippen molar-refractivity contribution in [3.05, 3.63) is 12.2 Å². The van der Waals surface area contributed by atoms with Crippen LogP contribution in [0.2, 0.25) is 0 Å². The first-order valence-electron chi connectivity index (χ1n) is 7.21. The number of nitrogens with one attached hydrogen (secondary N) is 1. The molecular weight excluding hydrogens is 306 g/mol. The maximum Gasteiger partial charge on any atom is 0.253 e. The Morgan fingerprint density at radius 2 is 2.04 bits per heavy atom. The summed E-state index contributed by atoms with van der Waals surface area (Å²) in [7, 11) is 0. The lowest BCUT2D eigenvalue weighted by Crippen LogP contribution is -2.38. The molecule has 1 unspecified atom stereocenters. The van der Waals surface area contributed by atoms with Crippen LogP contribution < -0.4 is 5.32 Å². The molecule has 0 aliphatic carbocycles. The van der Waals surface area contributed by atoms with Crippen LogP contribution in [0.4, 0.5) is 0 Å². The zero-order valence-electron chi connectivity index (χ0n) is 13.2. The highest BCUT2D eigenvalue weighted by Gasteiger charge is 2.23. The number of imide groups is 1. The number of amides is 3. The molecular formula is C14H21N3O6. The van der Waals surface area contributed by atoms with Gasteiger partial charge in [-0.15, -0.1) is 0 Å². The summed E-state index contributed by atoms with van der Waals surface area (Å²) >= 11 is 0. The van der Waals surface area contributed by atoms with Gasteiger partial charge >= 0.3 is 0 Å². The Kier molecular flexibility index (Phi) is 7.75. The first-order valence-corrected chi connectivity index (χ1v) is 7.21. The molecule has 3 amide bonds. The van der Waals surface area contributed by atoms with E-state index in [1.165, 1.54) is 0 Å². The van der Waals surface area contributed by atoms with Crippen molar-refractivity contribution in [1.29, 1.82) is 0 Å². The topological polar surface area (TPSA) is 118 Å². The minimum atomic E-state index is -0.936. The van der Waals surface area contributed by atoms with Crippen molar-refractivity contribution >= 4 is 23.6 Å². The molecule has 0 spiro atoms. The number of carbonyl (C=O) groups is 3. The van der Waals surface area contributed by atoms with Gasteiger partial charge in [0.1, 0.15) is 12.7 Å². The molecule has 1 aliphatic heterocycles. The van der Waals surface area contributed by atoms with Crippen molar-refractivity contribution in [3.63, 3.8) is 0 Å². The van der Waals surface area contributed by atoms with Crippen molar-refractivity contribution in [2.75, 3.05) is 26.3 Å². The highest BCUT2D eigenvalue weighted by atomic mass is 16.7. The summed E-state index contributed by atoms with van der Waals surface area (Å²) in [5.41, 5.74) is 0. The molecule has 1 atom stereocenters. The molecule has 0 aromatic rings. The first-order chi connectivity index (χ1) is 10.9. The van der Waals surface area contributed by atoms with Gasteiger partial charge in [0.05, 0.1) is 6.61 Å². The summed E-state index contributed by atoms with van der Waals surface area (Å²) in [6, 6.07) is 0. The lowest BCUT2D eigenvalue weighted by molar-refractivity contribution is -0.137. The van der Waals surface area contributed by atoms with E-state index in [1.54, 1.807) is 6.92 Å². The second kappa shape index (κ2) is 9.57. The molecule has 0 bridgehead atoms. The molecule has 0 saturated carbocycles. The number of carbonyl (C=O) groups excluding carboxylic acids is 3. The van der Waals surface area contributed by atoms with E-state index >= 15 is 0 Å². The Balaban J connectivity index is 2.16. The zero-order chi connectivity index (χ0) is 17.2. The fraction of sp³-hybridized carbons (Fsp3) is 0.571. The molecule has 9 nitrogen and oxygen atoms in total. The number of oxime groups is 1. The average molecular weight is 327 g/mol. The molecule has 2 N–H and O–H groups in total. The minimum Gasteiger partial charge on any atom is -0.479 e. The van der Waals surface area contributed by atoms with Crippen LogP contribution in [0.15, 0.2) is 17.3 Å². The van der Waals surface area contributed by atoms with Crippen LogP contribution in [0.25, 0.3) is 0 Å². The summed E-state index contributed by atoms with van der Waals surface area (Å²) in [6.07, 6.45) is 1.35. The summed E-state index contributed by atoms with van der Waals surface area (Å²) in [5.74, 6) is -0.902. The summed E-state index contributed by atoms with van der Waals surface area (Å²) < 4.78 is 5.03. The molecule has 0 aromatic carbocycles. The number of ether oxygens (including phenoxy) is 1. The van der Waals surface area contributed by atoms with Crippen LogP contribution in [0.5, 0.6) is 0 Å². The van der Waals surface area contributed by atoms with Crippen LogP contribution in [0.3, 0.4) is 0 Å². The lowest BCUT2D eigenvalue weighted by Gasteiger charge is -2.14. The van der Waals surface area contributed by atoms with Gasteiger partial charge in [0.25, 0.3) is 11.8 Å². The van der Waals surface area contributed by atoms with Gasteiger partial charge < -0.3 is 20.0 Å². The van der Waals surface area contributed by atoms with Crippen molar-refractivity contribution in [2.24, 2.45) is 5.16 Å². The third kappa shape index (κ3) is 6.92. The van der Waals surface area contributed by atoms with E-state index in [9.17, 15) is 19.5 Å². The van der Waals surface area contributed by atoms with E-state index in [2.05, 4.69) is 10.5 Å². The highest BCUT2D eigenvalue weighted by molar-refractivity contribution is 6.13. The summed E-state index contributed by atoms with van der Waals surface area (Å²) in [4.78, 5) is 40.0. The van der Waals surface area contributed by atoms with E-state index in [0.717, 1.165) is 17.1 Å². The maximum atomic E-state index is 11.6. The molecule has 0 fully saturated rings. The number of nitrogens with zero attached hydrogens (tertiary/aromatic N) is 2. The normalized spacial score (nSPS) is 15.8. The Morgan fingerprint density at radius 3 is 2.65 bits per heavy atom. The summed E-state index contributed by atoms with van der Waals surface area (Å²) in [5, 5.41) is 15.7. The Labute approximate surface area is 133 Å². The van der Waals surface area contributed by atoms with E-state index < -0.39 is 17.9 Å². The van der Waals surface area contributed by atoms with Crippen LogP contribution >= 0.6 is 0 Å². The van der Waals surface area contributed by atoms with Gasteiger partial charge in [-0.2, -0.15) is 0 Å². The second-order valence-electron chi connectivity index (χ2n) is 4.71. The van der Waals surface area contributed by atoms with Crippen LogP contribution in [0, 0.1) is 0 Å². The van der Waals surface area contributed by atoms with Gasteiger partial charge in [-0.1, -0.05) is 5.16 Å². The number of hydrogen-bond acceptors (Lipinski definition) is 7. The standard InChI is InChI=1S/C14H21N3O6/c1-3-22-10(2)16-23-9-11(18)8-15-12(19)6-7-17-13(20)4-5-14(17)21/h4-5,11,18H,3,6-9H2,1-2H3,(H,15,19)/b16-10-. The van der Waals surface area contributed by atoms with Gasteiger partial charge in [0.15, 0.2) is 0 Å². The third-order valence-corrected chi connectivity index (χ3v) is 2.81. The molecule has 1 heterocycles. The average Bonchev–Trinajstić information content (AvgIpc) is 2.82. The highest BCUT2D eigenvalue weighted by Crippen LogP contribution is 2.03. The largest absolute Gasteiger partial charge is 0.479 e. The number of rotatable bonds is 9. The Morgan fingerprint density at radius 1 is 1.39 bits per heavy atom.